The first-order valence-electron chi connectivity index (χ1n) is 7.41. The fourth-order valence-electron chi connectivity index (χ4n) is 3.24. The third-order valence-corrected chi connectivity index (χ3v) is 4.72. The van der Waals surface area contributed by atoms with E-state index in [0.29, 0.717) is 5.92 Å². The predicted molar refractivity (Wildman–Crippen MR) is 84.6 cm³/mol. The van der Waals surface area contributed by atoms with Crippen LogP contribution in [0.4, 0.5) is 0 Å². The van der Waals surface area contributed by atoms with Crippen molar-refractivity contribution in [3.63, 3.8) is 0 Å². The first-order chi connectivity index (χ1) is 9.40. The van der Waals surface area contributed by atoms with Crippen LogP contribution < -0.4 is 0 Å². The number of amides is 1. The molecule has 1 saturated heterocycles. The Morgan fingerprint density at radius 3 is 2.15 bits per heavy atom. The lowest BCUT2D eigenvalue weighted by atomic mass is 9.92. The van der Waals surface area contributed by atoms with E-state index in [1.54, 1.807) is 0 Å². The van der Waals surface area contributed by atoms with Crippen LogP contribution in [0.25, 0.3) is 0 Å². The lowest BCUT2D eigenvalue weighted by molar-refractivity contribution is 0.0688. The summed E-state index contributed by atoms with van der Waals surface area (Å²) < 4.78 is 0. The standard InChI is InChI=1S/C17H24ClNO/c1-11-9-12(2)16(13(3)10-11)17(20)19-7-5-15(6-8-19)14(4)18/h9-10,14-15H,5-8H2,1-4H3. The van der Waals surface area contributed by atoms with E-state index in [0.717, 1.165) is 42.6 Å². The molecule has 110 valence electrons. The van der Waals surface area contributed by atoms with Crippen LogP contribution in [-0.4, -0.2) is 29.3 Å². The highest BCUT2D eigenvalue weighted by Gasteiger charge is 2.27. The average molecular weight is 294 g/mol. The average Bonchev–Trinajstić information content (AvgIpc) is 2.37. The highest BCUT2D eigenvalue weighted by atomic mass is 35.5. The smallest absolute Gasteiger partial charge is 0.254 e. The topological polar surface area (TPSA) is 20.3 Å². The molecule has 0 aromatic heterocycles. The first-order valence-corrected chi connectivity index (χ1v) is 7.85. The Hall–Kier alpha value is -1.02. The Morgan fingerprint density at radius 2 is 1.70 bits per heavy atom. The SMILES string of the molecule is Cc1cc(C)c(C(=O)N2CCC(C(C)Cl)CC2)c(C)c1. The molecule has 2 rings (SSSR count). The van der Waals surface area contributed by atoms with Gasteiger partial charge in [-0.05, 0) is 57.6 Å². The minimum atomic E-state index is 0.181. The van der Waals surface area contributed by atoms with Gasteiger partial charge in [0, 0.05) is 24.0 Å². The molecule has 1 amide bonds. The van der Waals surface area contributed by atoms with Crippen molar-refractivity contribution in [2.24, 2.45) is 5.92 Å². The van der Waals surface area contributed by atoms with Gasteiger partial charge in [0.15, 0.2) is 0 Å². The Balaban J connectivity index is 2.14. The molecule has 1 aromatic rings. The van der Waals surface area contributed by atoms with Gasteiger partial charge in [-0.15, -0.1) is 11.6 Å². The minimum Gasteiger partial charge on any atom is -0.339 e. The van der Waals surface area contributed by atoms with E-state index in [-0.39, 0.29) is 11.3 Å². The van der Waals surface area contributed by atoms with E-state index in [2.05, 4.69) is 26.0 Å². The molecule has 20 heavy (non-hydrogen) atoms. The molecule has 1 aliphatic rings. The number of aryl methyl sites for hydroxylation is 3. The van der Waals surface area contributed by atoms with E-state index in [4.69, 9.17) is 11.6 Å². The van der Waals surface area contributed by atoms with Crippen LogP contribution in [0.3, 0.4) is 0 Å². The molecular weight excluding hydrogens is 270 g/mol. The second-order valence-electron chi connectivity index (χ2n) is 6.08. The second-order valence-corrected chi connectivity index (χ2v) is 6.77. The zero-order valence-corrected chi connectivity index (χ0v) is 13.6. The van der Waals surface area contributed by atoms with Gasteiger partial charge in [0.25, 0.3) is 5.91 Å². The molecule has 0 aliphatic carbocycles. The fraction of sp³-hybridized carbons (Fsp3) is 0.588. The molecule has 0 saturated carbocycles. The summed E-state index contributed by atoms with van der Waals surface area (Å²) in [5.74, 6) is 0.724. The van der Waals surface area contributed by atoms with Crippen LogP contribution in [-0.2, 0) is 0 Å². The van der Waals surface area contributed by atoms with Crippen molar-refractivity contribution in [1.29, 1.82) is 0 Å². The fourth-order valence-corrected chi connectivity index (χ4v) is 3.49. The molecule has 0 radical (unpaired) electrons. The molecule has 2 nitrogen and oxygen atoms in total. The van der Waals surface area contributed by atoms with Gasteiger partial charge in [-0.25, -0.2) is 0 Å². The molecule has 0 N–H and O–H groups in total. The lowest BCUT2D eigenvalue weighted by Crippen LogP contribution is -2.40. The van der Waals surface area contributed by atoms with E-state index in [1.807, 2.05) is 18.7 Å². The Kier molecular flexibility index (Phi) is 4.74. The second kappa shape index (κ2) is 6.17. The van der Waals surface area contributed by atoms with Gasteiger partial charge in [0.05, 0.1) is 0 Å². The molecule has 1 aromatic carbocycles. The number of carbonyl (C=O) groups is 1. The number of benzene rings is 1. The molecule has 1 heterocycles. The van der Waals surface area contributed by atoms with Gasteiger partial charge in [-0.3, -0.25) is 4.79 Å². The van der Waals surface area contributed by atoms with Gasteiger partial charge in [-0.2, -0.15) is 0 Å². The van der Waals surface area contributed by atoms with Gasteiger partial charge in [0.2, 0.25) is 0 Å². The number of piperidine rings is 1. The van der Waals surface area contributed by atoms with E-state index in [1.165, 1.54) is 5.56 Å². The summed E-state index contributed by atoms with van der Waals surface area (Å²) in [5, 5.41) is 0.204. The summed E-state index contributed by atoms with van der Waals surface area (Å²) in [7, 11) is 0. The Morgan fingerprint density at radius 1 is 1.20 bits per heavy atom. The molecule has 1 atom stereocenters. The summed E-state index contributed by atoms with van der Waals surface area (Å²) in [5.41, 5.74) is 4.26. The number of halogens is 1. The molecular formula is C17H24ClNO. The Labute approximate surface area is 127 Å². The summed E-state index contributed by atoms with van der Waals surface area (Å²) in [6.07, 6.45) is 2.03. The minimum absolute atomic E-state index is 0.181. The maximum Gasteiger partial charge on any atom is 0.254 e. The predicted octanol–water partition coefficient (Wildman–Crippen LogP) is 4.09. The van der Waals surface area contributed by atoms with Gasteiger partial charge in [-0.1, -0.05) is 17.7 Å². The van der Waals surface area contributed by atoms with E-state index >= 15 is 0 Å². The number of hydrogen-bond acceptors (Lipinski definition) is 1. The summed E-state index contributed by atoms with van der Waals surface area (Å²) >= 11 is 6.17. The van der Waals surface area contributed by atoms with Crippen molar-refractivity contribution in [2.75, 3.05) is 13.1 Å². The van der Waals surface area contributed by atoms with E-state index < -0.39 is 0 Å². The highest BCUT2D eigenvalue weighted by Crippen LogP contribution is 2.26. The van der Waals surface area contributed by atoms with Crippen LogP contribution >= 0.6 is 11.6 Å². The highest BCUT2D eigenvalue weighted by molar-refractivity contribution is 6.20. The maximum absolute atomic E-state index is 12.7. The van der Waals surface area contributed by atoms with Gasteiger partial charge in [0.1, 0.15) is 0 Å². The molecule has 0 spiro atoms. The molecule has 1 unspecified atom stereocenters. The largest absolute Gasteiger partial charge is 0.339 e. The normalized spacial score (nSPS) is 18.1. The Bertz CT molecular complexity index is 479. The number of likely N-dealkylation sites (tertiary alicyclic amines) is 1. The number of nitrogens with zero attached hydrogens (tertiary/aromatic N) is 1. The maximum atomic E-state index is 12.7. The lowest BCUT2D eigenvalue weighted by Gasteiger charge is -2.33. The van der Waals surface area contributed by atoms with Gasteiger partial charge < -0.3 is 4.90 Å². The first kappa shape index (κ1) is 15.4. The van der Waals surface area contributed by atoms with Crippen molar-refractivity contribution in [3.8, 4) is 0 Å². The summed E-state index contributed by atoms with van der Waals surface area (Å²) in [4.78, 5) is 14.7. The molecule has 1 fully saturated rings. The number of carbonyl (C=O) groups excluding carboxylic acids is 1. The van der Waals surface area contributed by atoms with Crippen molar-refractivity contribution in [3.05, 3.63) is 34.4 Å². The number of hydrogen-bond donors (Lipinski definition) is 0. The third-order valence-electron chi connectivity index (χ3n) is 4.37. The number of alkyl halides is 1. The van der Waals surface area contributed by atoms with Crippen LogP contribution in [0.2, 0.25) is 0 Å². The van der Waals surface area contributed by atoms with Crippen LogP contribution in [0, 0.1) is 26.7 Å². The molecule has 1 aliphatic heterocycles. The monoisotopic (exact) mass is 293 g/mol. The van der Waals surface area contributed by atoms with Crippen molar-refractivity contribution in [2.45, 2.75) is 45.9 Å². The zero-order valence-electron chi connectivity index (χ0n) is 12.9. The quantitative estimate of drug-likeness (QED) is 0.752. The summed E-state index contributed by atoms with van der Waals surface area (Å²) in [6, 6.07) is 4.18. The van der Waals surface area contributed by atoms with Crippen LogP contribution in [0.15, 0.2) is 12.1 Å². The van der Waals surface area contributed by atoms with Gasteiger partial charge >= 0.3 is 0 Å². The third kappa shape index (κ3) is 3.17. The zero-order chi connectivity index (χ0) is 14.9. The molecule has 3 heteroatoms. The summed E-state index contributed by atoms with van der Waals surface area (Å²) in [6.45, 7) is 9.84. The number of rotatable bonds is 2. The van der Waals surface area contributed by atoms with Crippen molar-refractivity contribution >= 4 is 17.5 Å². The van der Waals surface area contributed by atoms with E-state index in [9.17, 15) is 4.79 Å². The molecule has 0 bridgehead atoms. The van der Waals surface area contributed by atoms with Crippen LogP contribution in [0.1, 0.15) is 46.8 Å². The van der Waals surface area contributed by atoms with Crippen LogP contribution in [0.5, 0.6) is 0 Å². The van der Waals surface area contributed by atoms with Crippen molar-refractivity contribution in [1.82, 2.24) is 4.90 Å². The van der Waals surface area contributed by atoms with Crippen molar-refractivity contribution < 1.29 is 4.79 Å².